The lowest BCUT2D eigenvalue weighted by Crippen LogP contribution is -1.85. The Balaban J connectivity index is 2.85. The Labute approximate surface area is 82.8 Å². The molecule has 0 aliphatic heterocycles. The van der Waals surface area contributed by atoms with E-state index in [0.29, 0.717) is 10.9 Å². The second-order valence-electron chi connectivity index (χ2n) is 2.63. The Morgan fingerprint density at radius 1 is 1.31 bits per heavy atom. The lowest BCUT2D eigenvalue weighted by atomic mass is 10.2. The summed E-state index contributed by atoms with van der Waals surface area (Å²) in [6.45, 7) is 0. The van der Waals surface area contributed by atoms with Gasteiger partial charge in [0.2, 0.25) is 0 Å². The molecule has 0 bridgehead atoms. The van der Waals surface area contributed by atoms with Crippen molar-refractivity contribution in [3.05, 3.63) is 34.7 Å². The van der Waals surface area contributed by atoms with E-state index in [2.05, 4.69) is 0 Å². The molecular formula is C9H5ClF2S. The van der Waals surface area contributed by atoms with Gasteiger partial charge in [0, 0.05) is 16.0 Å². The minimum absolute atomic E-state index is 0.209. The summed E-state index contributed by atoms with van der Waals surface area (Å²) in [5.41, 5.74) is 0.652. The molecule has 0 aliphatic carbocycles. The maximum atomic E-state index is 13.3. The summed E-state index contributed by atoms with van der Waals surface area (Å²) < 4.78 is 26.8. The van der Waals surface area contributed by atoms with Crippen LogP contribution < -0.4 is 0 Å². The van der Waals surface area contributed by atoms with Gasteiger partial charge >= 0.3 is 0 Å². The molecule has 1 heterocycles. The highest BCUT2D eigenvalue weighted by Gasteiger charge is 2.11. The number of alkyl halides is 1. The molecule has 0 aliphatic rings. The number of halogens is 3. The summed E-state index contributed by atoms with van der Waals surface area (Å²) in [5, 5.41) is 2.07. The average molecular weight is 219 g/mol. The van der Waals surface area contributed by atoms with Crippen molar-refractivity contribution in [2.45, 2.75) is 5.88 Å². The van der Waals surface area contributed by atoms with Gasteiger partial charge in [-0.15, -0.1) is 22.9 Å². The van der Waals surface area contributed by atoms with Gasteiger partial charge in [-0.1, -0.05) is 0 Å². The lowest BCUT2D eigenvalue weighted by Gasteiger charge is -1.96. The monoisotopic (exact) mass is 218 g/mol. The molecule has 1 aromatic heterocycles. The van der Waals surface area contributed by atoms with Gasteiger partial charge in [0.05, 0.1) is 0 Å². The second kappa shape index (κ2) is 3.24. The van der Waals surface area contributed by atoms with Crippen molar-refractivity contribution in [1.29, 1.82) is 0 Å². The molecule has 0 radical (unpaired) electrons. The first-order valence-corrected chi connectivity index (χ1v) is 5.05. The van der Waals surface area contributed by atoms with Gasteiger partial charge < -0.3 is 0 Å². The van der Waals surface area contributed by atoms with Crippen LogP contribution in [0, 0.1) is 11.6 Å². The van der Waals surface area contributed by atoms with Crippen molar-refractivity contribution in [2.75, 3.05) is 0 Å². The van der Waals surface area contributed by atoms with E-state index in [1.807, 2.05) is 0 Å². The van der Waals surface area contributed by atoms with Gasteiger partial charge in [-0.2, -0.15) is 0 Å². The van der Waals surface area contributed by atoms with Crippen molar-refractivity contribution in [3.8, 4) is 0 Å². The van der Waals surface area contributed by atoms with Crippen LogP contribution in [0.25, 0.3) is 10.1 Å². The quantitative estimate of drug-likeness (QED) is 0.637. The lowest BCUT2D eigenvalue weighted by molar-refractivity contribution is 0.517. The van der Waals surface area contributed by atoms with E-state index in [-0.39, 0.29) is 5.88 Å². The van der Waals surface area contributed by atoms with E-state index in [4.69, 9.17) is 11.6 Å². The Hall–Kier alpha value is -0.670. The number of hydrogen-bond acceptors (Lipinski definition) is 1. The molecule has 1 aromatic carbocycles. The molecular weight excluding hydrogens is 214 g/mol. The Bertz CT molecular complexity index is 450. The fraction of sp³-hybridized carbons (Fsp3) is 0.111. The number of hydrogen-bond donors (Lipinski definition) is 0. The van der Waals surface area contributed by atoms with Gasteiger partial charge in [-0.25, -0.2) is 8.78 Å². The largest absolute Gasteiger partial charge is 0.204 e. The smallest absolute Gasteiger partial charge is 0.167 e. The molecule has 4 heteroatoms. The molecule has 13 heavy (non-hydrogen) atoms. The first-order chi connectivity index (χ1) is 6.24. The standard InChI is InChI=1S/C9H5ClF2S/c10-3-5-4-13-7-2-1-6(11)9(12)8(5)7/h1-2,4H,3H2. The molecule has 0 amide bonds. The SMILES string of the molecule is Fc1ccc2scc(CCl)c2c1F. The zero-order valence-electron chi connectivity index (χ0n) is 6.48. The Morgan fingerprint density at radius 2 is 2.08 bits per heavy atom. The van der Waals surface area contributed by atoms with Crippen LogP contribution >= 0.6 is 22.9 Å². The van der Waals surface area contributed by atoms with Crippen LogP contribution in [0.4, 0.5) is 8.78 Å². The van der Waals surface area contributed by atoms with Crippen LogP contribution in [0.5, 0.6) is 0 Å². The van der Waals surface area contributed by atoms with Crippen LogP contribution in [-0.2, 0) is 5.88 Å². The first kappa shape index (κ1) is 8.91. The van der Waals surface area contributed by atoms with E-state index >= 15 is 0 Å². The molecule has 0 spiro atoms. The predicted octanol–water partition coefficient (Wildman–Crippen LogP) is 3.92. The normalized spacial score (nSPS) is 11.0. The molecule has 2 rings (SSSR count). The summed E-state index contributed by atoms with van der Waals surface area (Å²) >= 11 is 6.96. The molecule has 0 N–H and O–H groups in total. The minimum Gasteiger partial charge on any atom is -0.204 e. The molecule has 68 valence electrons. The van der Waals surface area contributed by atoms with Crippen LogP contribution in [0.1, 0.15) is 5.56 Å². The van der Waals surface area contributed by atoms with Gasteiger partial charge in [-0.3, -0.25) is 0 Å². The zero-order chi connectivity index (χ0) is 9.42. The molecule has 0 atom stereocenters. The molecule has 0 unspecified atom stereocenters. The summed E-state index contributed by atoms with van der Waals surface area (Å²) in [6.07, 6.45) is 0. The van der Waals surface area contributed by atoms with Crippen molar-refractivity contribution in [2.24, 2.45) is 0 Å². The van der Waals surface area contributed by atoms with E-state index in [0.717, 1.165) is 10.8 Å². The first-order valence-electron chi connectivity index (χ1n) is 3.64. The van der Waals surface area contributed by atoms with Crippen LogP contribution in [0.15, 0.2) is 17.5 Å². The van der Waals surface area contributed by atoms with E-state index in [1.165, 1.54) is 11.3 Å². The fourth-order valence-corrected chi connectivity index (χ4v) is 2.48. The summed E-state index contributed by atoms with van der Waals surface area (Å²) in [5.74, 6) is -1.41. The van der Waals surface area contributed by atoms with E-state index in [9.17, 15) is 8.78 Å². The number of fused-ring (bicyclic) bond motifs is 1. The summed E-state index contributed by atoms with van der Waals surface area (Å²) in [4.78, 5) is 0. The third-order valence-electron chi connectivity index (χ3n) is 1.85. The summed E-state index contributed by atoms with van der Waals surface area (Å²) in [6, 6.07) is 2.70. The third kappa shape index (κ3) is 1.32. The highest BCUT2D eigenvalue weighted by molar-refractivity contribution is 7.17. The van der Waals surface area contributed by atoms with Gasteiger partial charge in [-0.05, 0) is 23.1 Å². The predicted molar refractivity (Wildman–Crippen MR) is 51.3 cm³/mol. The second-order valence-corrected chi connectivity index (χ2v) is 3.81. The molecule has 0 saturated heterocycles. The van der Waals surface area contributed by atoms with Gasteiger partial charge in [0.1, 0.15) is 0 Å². The van der Waals surface area contributed by atoms with Crippen LogP contribution in [-0.4, -0.2) is 0 Å². The zero-order valence-corrected chi connectivity index (χ0v) is 8.05. The van der Waals surface area contributed by atoms with E-state index < -0.39 is 11.6 Å². The van der Waals surface area contributed by atoms with Crippen molar-refractivity contribution >= 4 is 33.0 Å². The number of rotatable bonds is 1. The Kier molecular flexibility index (Phi) is 2.22. The average Bonchev–Trinajstić information content (AvgIpc) is 2.55. The molecule has 0 fully saturated rings. The maximum absolute atomic E-state index is 13.3. The van der Waals surface area contributed by atoms with Crippen molar-refractivity contribution in [1.82, 2.24) is 0 Å². The van der Waals surface area contributed by atoms with Crippen LogP contribution in [0.3, 0.4) is 0 Å². The highest BCUT2D eigenvalue weighted by Crippen LogP contribution is 2.30. The van der Waals surface area contributed by atoms with Crippen LogP contribution in [0.2, 0.25) is 0 Å². The van der Waals surface area contributed by atoms with Gasteiger partial charge in [0.15, 0.2) is 11.6 Å². The Morgan fingerprint density at radius 3 is 2.77 bits per heavy atom. The van der Waals surface area contributed by atoms with Crippen molar-refractivity contribution in [3.63, 3.8) is 0 Å². The number of benzene rings is 1. The molecule has 0 saturated carbocycles. The summed E-state index contributed by atoms with van der Waals surface area (Å²) in [7, 11) is 0. The van der Waals surface area contributed by atoms with Gasteiger partial charge in [0.25, 0.3) is 0 Å². The van der Waals surface area contributed by atoms with E-state index in [1.54, 1.807) is 11.4 Å². The minimum atomic E-state index is -0.822. The highest BCUT2D eigenvalue weighted by atomic mass is 35.5. The van der Waals surface area contributed by atoms with Crippen molar-refractivity contribution < 1.29 is 8.78 Å². The third-order valence-corrected chi connectivity index (χ3v) is 3.13. The fourth-order valence-electron chi connectivity index (χ4n) is 1.22. The molecule has 2 aromatic rings. The maximum Gasteiger partial charge on any atom is 0.167 e. The molecule has 0 nitrogen and oxygen atoms in total. The number of thiophene rings is 1. The topological polar surface area (TPSA) is 0 Å².